The molecule has 1 fully saturated rings. The van der Waals surface area contributed by atoms with Crippen LogP contribution in [0.1, 0.15) is 5.56 Å². The predicted molar refractivity (Wildman–Crippen MR) is 114 cm³/mol. The number of ether oxygens (including phenoxy) is 1. The minimum absolute atomic E-state index is 0.0539. The van der Waals surface area contributed by atoms with Gasteiger partial charge in [-0.1, -0.05) is 17.7 Å². The van der Waals surface area contributed by atoms with Crippen molar-refractivity contribution in [3.05, 3.63) is 53.1 Å². The molecule has 1 aliphatic heterocycles. The molecule has 1 N–H and O–H groups in total. The number of sulfonamides is 1. The minimum atomic E-state index is -3.82. The summed E-state index contributed by atoms with van der Waals surface area (Å²) in [6.07, 6.45) is 0. The smallest absolute Gasteiger partial charge is 0.243 e. The van der Waals surface area contributed by atoms with Crippen LogP contribution in [0.4, 0.5) is 11.4 Å². The summed E-state index contributed by atoms with van der Waals surface area (Å²) >= 11 is 6.03. The van der Waals surface area contributed by atoms with Crippen LogP contribution in [0, 0.1) is 6.92 Å². The Morgan fingerprint density at radius 3 is 2.45 bits per heavy atom. The lowest BCUT2D eigenvalue weighted by Gasteiger charge is -2.28. The Kier molecular flexibility index (Phi) is 6.79. The first-order valence-corrected chi connectivity index (χ1v) is 11.0. The van der Waals surface area contributed by atoms with Crippen molar-refractivity contribution in [2.24, 2.45) is 0 Å². The number of carbonyl (C=O) groups is 1. The average Bonchev–Trinajstić information content (AvgIpc) is 2.71. The molecule has 7 nitrogen and oxygen atoms in total. The molecular weight excluding hydrogens is 414 g/mol. The highest BCUT2D eigenvalue weighted by Crippen LogP contribution is 2.22. The molecule has 2 aromatic rings. The Labute approximate surface area is 176 Å². The van der Waals surface area contributed by atoms with Crippen LogP contribution in [0.5, 0.6) is 0 Å². The van der Waals surface area contributed by atoms with Gasteiger partial charge in [0.15, 0.2) is 0 Å². The molecule has 156 valence electrons. The molecule has 1 saturated heterocycles. The summed E-state index contributed by atoms with van der Waals surface area (Å²) in [7, 11) is -2.45. The first-order valence-electron chi connectivity index (χ1n) is 9.22. The van der Waals surface area contributed by atoms with Gasteiger partial charge in [-0.2, -0.15) is 4.31 Å². The van der Waals surface area contributed by atoms with Crippen LogP contribution in [0.15, 0.2) is 47.4 Å². The molecule has 0 radical (unpaired) electrons. The number of rotatable bonds is 6. The Balaban J connectivity index is 1.61. The summed E-state index contributed by atoms with van der Waals surface area (Å²) < 4.78 is 31.7. The van der Waals surface area contributed by atoms with Gasteiger partial charge in [-0.25, -0.2) is 8.42 Å². The van der Waals surface area contributed by atoms with Crippen LogP contribution in [-0.4, -0.2) is 58.5 Å². The van der Waals surface area contributed by atoms with Crippen molar-refractivity contribution in [3.8, 4) is 0 Å². The molecule has 0 aromatic heterocycles. The van der Waals surface area contributed by atoms with Gasteiger partial charge < -0.3 is 15.0 Å². The fourth-order valence-electron chi connectivity index (χ4n) is 2.98. The zero-order valence-corrected chi connectivity index (χ0v) is 18.0. The minimum Gasteiger partial charge on any atom is -0.378 e. The Bertz CT molecular complexity index is 974. The van der Waals surface area contributed by atoms with Crippen LogP contribution >= 0.6 is 11.6 Å². The van der Waals surface area contributed by atoms with E-state index < -0.39 is 15.9 Å². The number of hydrogen-bond acceptors (Lipinski definition) is 5. The number of carbonyl (C=O) groups excluding carboxylic acids is 1. The third kappa shape index (κ3) is 5.27. The van der Waals surface area contributed by atoms with E-state index in [0.717, 1.165) is 28.6 Å². The summed E-state index contributed by atoms with van der Waals surface area (Å²) in [6.45, 7) is 4.55. The highest BCUT2D eigenvalue weighted by atomic mass is 35.5. The summed E-state index contributed by atoms with van der Waals surface area (Å²) in [4.78, 5) is 14.6. The number of halogens is 1. The summed E-state index contributed by atoms with van der Waals surface area (Å²) in [6, 6.07) is 12.0. The van der Waals surface area contributed by atoms with Crippen LogP contribution in [0.25, 0.3) is 0 Å². The second kappa shape index (κ2) is 9.13. The molecule has 0 spiro atoms. The van der Waals surface area contributed by atoms with E-state index in [0.29, 0.717) is 23.9 Å². The fraction of sp³-hybridized carbons (Fsp3) is 0.350. The molecule has 1 aliphatic rings. The van der Waals surface area contributed by atoms with Crippen LogP contribution in [0.3, 0.4) is 0 Å². The first-order chi connectivity index (χ1) is 13.8. The normalized spacial score (nSPS) is 14.8. The Morgan fingerprint density at radius 2 is 1.83 bits per heavy atom. The van der Waals surface area contributed by atoms with E-state index >= 15 is 0 Å². The van der Waals surface area contributed by atoms with Crippen molar-refractivity contribution >= 4 is 38.9 Å². The molecule has 3 rings (SSSR count). The topological polar surface area (TPSA) is 79.0 Å². The van der Waals surface area contributed by atoms with Crippen molar-refractivity contribution in [2.75, 3.05) is 50.1 Å². The van der Waals surface area contributed by atoms with Crippen LogP contribution in [0.2, 0.25) is 5.02 Å². The summed E-state index contributed by atoms with van der Waals surface area (Å²) in [5.41, 5.74) is 2.45. The zero-order chi connectivity index (χ0) is 21.0. The molecule has 0 unspecified atom stereocenters. The van der Waals surface area contributed by atoms with Gasteiger partial charge in [0.2, 0.25) is 15.9 Å². The summed E-state index contributed by atoms with van der Waals surface area (Å²) in [5.74, 6) is -0.423. The zero-order valence-electron chi connectivity index (χ0n) is 16.4. The Morgan fingerprint density at radius 1 is 1.17 bits per heavy atom. The standard InChI is InChI=1S/C20H24ClN3O4S/c1-15-3-8-18(13-19(15)21)29(26,27)23(2)14-20(25)22-16-4-6-17(7-5-16)24-9-11-28-12-10-24/h3-8,13H,9-12,14H2,1-2H3,(H,22,25). The van der Waals surface area contributed by atoms with Crippen LogP contribution in [-0.2, 0) is 19.6 Å². The maximum atomic E-state index is 12.7. The van der Waals surface area contributed by atoms with Gasteiger partial charge in [0, 0.05) is 36.5 Å². The molecular formula is C20H24ClN3O4S. The van der Waals surface area contributed by atoms with E-state index in [4.69, 9.17) is 16.3 Å². The lowest BCUT2D eigenvalue weighted by Crippen LogP contribution is -2.36. The number of benzene rings is 2. The van der Waals surface area contributed by atoms with Crippen molar-refractivity contribution in [2.45, 2.75) is 11.8 Å². The largest absolute Gasteiger partial charge is 0.378 e. The fourth-order valence-corrected chi connectivity index (χ4v) is 4.38. The van der Waals surface area contributed by atoms with E-state index in [1.807, 2.05) is 12.1 Å². The predicted octanol–water partition coefficient (Wildman–Crippen LogP) is 2.74. The quantitative estimate of drug-likeness (QED) is 0.751. The lowest BCUT2D eigenvalue weighted by molar-refractivity contribution is -0.116. The van der Waals surface area contributed by atoms with Gasteiger partial charge in [-0.05, 0) is 48.9 Å². The van der Waals surface area contributed by atoms with Gasteiger partial charge in [0.1, 0.15) is 0 Å². The number of anilines is 2. The number of nitrogens with zero attached hydrogens (tertiary/aromatic N) is 2. The molecule has 29 heavy (non-hydrogen) atoms. The van der Waals surface area contributed by atoms with E-state index in [2.05, 4.69) is 10.2 Å². The maximum absolute atomic E-state index is 12.7. The van der Waals surface area contributed by atoms with E-state index in [9.17, 15) is 13.2 Å². The van der Waals surface area contributed by atoms with Gasteiger partial charge in [0.25, 0.3) is 0 Å². The molecule has 0 bridgehead atoms. The van der Waals surface area contributed by atoms with Gasteiger partial charge in [-0.15, -0.1) is 0 Å². The first kappa shape index (κ1) is 21.6. The van der Waals surface area contributed by atoms with E-state index in [-0.39, 0.29) is 11.4 Å². The monoisotopic (exact) mass is 437 g/mol. The number of aryl methyl sites for hydroxylation is 1. The molecule has 0 saturated carbocycles. The molecule has 2 aromatic carbocycles. The number of hydrogen-bond donors (Lipinski definition) is 1. The van der Waals surface area contributed by atoms with Crippen molar-refractivity contribution in [1.82, 2.24) is 4.31 Å². The SMILES string of the molecule is Cc1ccc(S(=O)(=O)N(C)CC(=O)Nc2ccc(N3CCOCC3)cc2)cc1Cl. The number of amides is 1. The number of nitrogens with one attached hydrogen (secondary N) is 1. The van der Waals surface area contributed by atoms with Gasteiger partial charge in [0.05, 0.1) is 24.7 Å². The van der Waals surface area contributed by atoms with E-state index in [1.54, 1.807) is 25.1 Å². The van der Waals surface area contributed by atoms with Gasteiger partial charge in [-0.3, -0.25) is 4.79 Å². The maximum Gasteiger partial charge on any atom is 0.243 e. The number of morpholine rings is 1. The average molecular weight is 438 g/mol. The number of likely N-dealkylation sites (N-methyl/N-ethyl adjacent to an activating group) is 1. The van der Waals surface area contributed by atoms with E-state index in [1.165, 1.54) is 19.2 Å². The second-order valence-corrected chi connectivity index (χ2v) is 9.32. The van der Waals surface area contributed by atoms with Crippen LogP contribution < -0.4 is 10.2 Å². The highest BCUT2D eigenvalue weighted by molar-refractivity contribution is 7.89. The molecule has 1 amide bonds. The Hall–Kier alpha value is -2.13. The van der Waals surface area contributed by atoms with Gasteiger partial charge >= 0.3 is 0 Å². The van der Waals surface area contributed by atoms with Crippen molar-refractivity contribution in [3.63, 3.8) is 0 Å². The third-order valence-corrected chi connectivity index (χ3v) is 6.95. The van der Waals surface area contributed by atoms with Crippen molar-refractivity contribution < 1.29 is 17.9 Å². The van der Waals surface area contributed by atoms with Crippen molar-refractivity contribution in [1.29, 1.82) is 0 Å². The third-order valence-electron chi connectivity index (χ3n) is 4.75. The molecule has 0 aliphatic carbocycles. The second-order valence-electron chi connectivity index (χ2n) is 6.87. The molecule has 9 heteroatoms. The summed E-state index contributed by atoms with van der Waals surface area (Å²) in [5, 5.41) is 3.10. The molecule has 0 atom stereocenters. The lowest BCUT2D eigenvalue weighted by atomic mass is 10.2. The molecule has 1 heterocycles. The highest BCUT2D eigenvalue weighted by Gasteiger charge is 2.23.